The van der Waals surface area contributed by atoms with Crippen molar-refractivity contribution >= 4 is 23.2 Å². The molecule has 0 aliphatic carbocycles. The van der Waals surface area contributed by atoms with Crippen LogP contribution in [0.25, 0.3) is 0 Å². The Morgan fingerprint density at radius 1 is 1.05 bits per heavy atom. The van der Waals surface area contributed by atoms with Crippen molar-refractivity contribution in [3.05, 3.63) is 33.8 Å². The summed E-state index contributed by atoms with van der Waals surface area (Å²) in [6, 6.07) is 6.65. The summed E-state index contributed by atoms with van der Waals surface area (Å²) in [7, 11) is 0. The van der Waals surface area contributed by atoms with Crippen molar-refractivity contribution in [2.24, 2.45) is 5.92 Å². The first-order valence-electron chi connectivity index (χ1n) is 8.05. The van der Waals surface area contributed by atoms with Crippen molar-refractivity contribution in [2.45, 2.75) is 44.7 Å². The van der Waals surface area contributed by atoms with E-state index < -0.39 is 0 Å². The van der Waals surface area contributed by atoms with Crippen LogP contribution in [-0.2, 0) is 6.54 Å². The van der Waals surface area contributed by atoms with Gasteiger partial charge in [0.2, 0.25) is 0 Å². The summed E-state index contributed by atoms with van der Waals surface area (Å²) < 4.78 is 1.14. The van der Waals surface area contributed by atoms with E-state index in [4.69, 9.17) is 23.2 Å². The highest BCUT2D eigenvalue weighted by molar-refractivity contribution is 6.42. The van der Waals surface area contributed by atoms with Crippen LogP contribution in [0, 0.1) is 5.92 Å². The molecule has 1 N–H and O–H groups in total. The fraction of sp³-hybridized carbons (Fsp3) is 0.647. The number of piperidine rings is 2. The van der Waals surface area contributed by atoms with Gasteiger partial charge in [-0.15, -0.1) is 0 Å². The van der Waals surface area contributed by atoms with Crippen molar-refractivity contribution < 1.29 is 9.59 Å². The molecule has 4 heteroatoms. The predicted octanol–water partition coefficient (Wildman–Crippen LogP) is 4.27. The molecule has 2 aliphatic rings. The maximum Gasteiger partial charge on any atom is 0.105 e. The lowest BCUT2D eigenvalue weighted by Crippen LogP contribution is -2.63. The molecular formula is C17H24Cl2NO+. The topological polar surface area (TPSA) is 20.2 Å². The summed E-state index contributed by atoms with van der Waals surface area (Å²) in [4.78, 5) is 0. The number of aliphatic hydroxyl groups is 1. The number of hydrogen-bond acceptors (Lipinski definition) is 1. The standard InChI is InChI=1S/C17H24Cl2NO/c18-15-7-6-13(10-16(15)19)11-20-8-2-1-5-17(20)14(12-21)4-3-9-20/h6-7,10,14,17,21H,1-5,8-9,11-12H2/q+1/t14-,17-,20?/m0/s1. The van der Waals surface area contributed by atoms with Gasteiger partial charge in [-0.3, -0.25) is 0 Å². The number of hydrogen-bond donors (Lipinski definition) is 1. The average molecular weight is 329 g/mol. The zero-order chi connectivity index (χ0) is 14.9. The van der Waals surface area contributed by atoms with Crippen LogP contribution in [0.3, 0.4) is 0 Å². The third-order valence-corrected chi connectivity index (χ3v) is 6.23. The van der Waals surface area contributed by atoms with E-state index in [1.807, 2.05) is 12.1 Å². The van der Waals surface area contributed by atoms with Gasteiger partial charge in [-0.2, -0.15) is 0 Å². The lowest BCUT2D eigenvalue weighted by molar-refractivity contribution is -0.976. The van der Waals surface area contributed by atoms with E-state index in [0.717, 1.165) is 11.0 Å². The Hall–Kier alpha value is -0.280. The number of fused-ring (bicyclic) bond motifs is 1. The van der Waals surface area contributed by atoms with Gasteiger partial charge in [0.25, 0.3) is 0 Å². The van der Waals surface area contributed by atoms with E-state index in [0.29, 0.717) is 28.6 Å². The highest BCUT2D eigenvalue weighted by Crippen LogP contribution is 2.39. The summed E-state index contributed by atoms with van der Waals surface area (Å²) in [6.07, 6.45) is 6.27. The second-order valence-electron chi connectivity index (χ2n) is 6.72. The molecule has 2 fully saturated rings. The lowest BCUT2D eigenvalue weighted by Gasteiger charge is -2.53. The number of benzene rings is 1. The third-order valence-electron chi connectivity index (χ3n) is 5.50. The van der Waals surface area contributed by atoms with Crippen molar-refractivity contribution in [2.75, 3.05) is 19.7 Å². The number of nitrogens with zero attached hydrogens (tertiary/aromatic N) is 1. The Labute approximate surface area is 137 Å². The van der Waals surface area contributed by atoms with Crippen LogP contribution in [0.4, 0.5) is 0 Å². The SMILES string of the molecule is OC[C@@H]1CCC[N+]2(Cc3ccc(Cl)c(Cl)c3)CCCC[C@@H]12. The Balaban J connectivity index is 1.86. The smallest absolute Gasteiger partial charge is 0.105 e. The largest absolute Gasteiger partial charge is 0.396 e. The predicted molar refractivity (Wildman–Crippen MR) is 87.6 cm³/mol. The second kappa shape index (κ2) is 6.45. The van der Waals surface area contributed by atoms with Gasteiger partial charge >= 0.3 is 0 Å². The first kappa shape index (κ1) is 15.6. The van der Waals surface area contributed by atoms with E-state index >= 15 is 0 Å². The summed E-state index contributed by atoms with van der Waals surface area (Å²) in [6.45, 7) is 3.84. The van der Waals surface area contributed by atoms with Gasteiger partial charge in [0.05, 0.1) is 35.8 Å². The van der Waals surface area contributed by atoms with Gasteiger partial charge in [0, 0.05) is 17.9 Å². The fourth-order valence-corrected chi connectivity index (χ4v) is 4.85. The number of aliphatic hydroxyl groups excluding tert-OH is 1. The van der Waals surface area contributed by atoms with Crippen molar-refractivity contribution in [1.29, 1.82) is 0 Å². The molecule has 1 aromatic carbocycles. The van der Waals surface area contributed by atoms with Gasteiger partial charge in [-0.1, -0.05) is 29.3 Å². The van der Waals surface area contributed by atoms with Crippen LogP contribution in [0.5, 0.6) is 0 Å². The van der Waals surface area contributed by atoms with Crippen molar-refractivity contribution in [3.63, 3.8) is 0 Å². The lowest BCUT2D eigenvalue weighted by atomic mass is 9.81. The number of quaternary nitrogens is 1. The van der Waals surface area contributed by atoms with E-state index in [9.17, 15) is 5.11 Å². The Kier molecular flexibility index (Phi) is 4.80. The van der Waals surface area contributed by atoms with Crippen molar-refractivity contribution in [3.8, 4) is 0 Å². The highest BCUT2D eigenvalue weighted by Gasteiger charge is 2.46. The fourth-order valence-electron chi connectivity index (χ4n) is 4.53. The van der Waals surface area contributed by atoms with Crippen LogP contribution < -0.4 is 0 Å². The molecule has 0 bridgehead atoms. The molecule has 2 nitrogen and oxygen atoms in total. The molecule has 0 radical (unpaired) electrons. The molecule has 116 valence electrons. The molecule has 0 saturated carbocycles. The van der Waals surface area contributed by atoms with Crippen LogP contribution in [0.15, 0.2) is 18.2 Å². The van der Waals surface area contributed by atoms with Gasteiger partial charge in [0.1, 0.15) is 6.54 Å². The monoisotopic (exact) mass is 328 g/mol. The Bertz CT molecular complexity index is 504. The molecule has 2 aliphatic heterocycles. The minimum Gasteiger partial charge on any atom is -0.396 e. The number of rotatable bonds is 3. The molecule has 2 heterocycles. The maximum absolute atomic E-state index is 9.74. The van der Waals surface area contributed by atoms with Gasteiger partial charge in [-0.05, 0) is 37.8 Å². The third kappa shape index (κ3) is 3.10. The van der Waals surface area contributed by atoms with Gasteiger partial charge < -0.3 is 9.59 Å². The van der Waals surface area contributed by atoms with E-state index in [1.165, 1.54) is 50.8 Å². The van der Waals surface area contributed by atoms with E-state index in [-0.39, 0.29) is 0 Å². The zero-order valence-electron chi connectivity index (χ0n) is 12.4. The van der Waals surface area contributed by atoms with Gasteiger partial charge in [-0.25, -0.2) is 0 Å². The minimum atomic E-state index is 0.339. The second-order valence-corrected chi connectivity index (χ2v) is 7.53. The molecule has 0 spiro atoms. The summed E-state index contributed by atoms with van der Waals surface area (Å²) >= 11 is 12.2. The Morgan fingerprint density at radius 3 is 2.62 bits per heavy atom. The van der Waals surface area contributed by atoms with Crippen LogP contribution >= 0.6 is 23.2 Å². The number of halogens is 2. The zero-order valence-corrected chi connectivity index (χ0v) is 13.9. The molecule has 2 saturated heterocycles. The first-order valence-corrected chi connectivity index (χ1v) is 8.81. The van der Waals surface area contributed by atoms with E-state index in [1.54, 1.807) is 0 Å². The van der Waals surface area contributed by atoms with E-state index in [2.05, 4.69) is 6.07 Å². The molecule has 1 unspecified atom stereocenters. The summed E-state index contributed by atoms with van der Waals surface area (Å²) in [5.41, 5.74) is 1.27. The van der Waals surface area contributed by atoms with Gasteiger partial charge in [0.15, 0.2) is 0 Å². The van der Waals surface area contributed by atoms with Crippen LogP contribution in [0.1, 0.15) is 37.7 Å². The molecule has 1 aromatic rings. The quantitative estimate of drug-likeness (QED) is 0.822. The van der Waals surface area contributed by atoms with Crippen molar-refractivity contribution in [1.82, 2.24) is 0 Å². The molecule has 3 atom stereocenters. The highest BCUT2D eigenvalue weighted by atomic mass is 35.5. The van der Waals surface area contributed by atoms with Crippen LogP contribution in [-0.4, -0.2) is 35.3 Å². The first-order chi connectivity index (χ1) is 10.1. The normalized spacial score (nSPS) is 32.7. The summed E-state index contributed by atoms with van der Waals surface area (Å²) in [5, 5.41) is 11.0. The molecule has 3 rings (SSSR count). The molecule has 0 aromatic heterocycles. The minimum absolute atomic E-state index is 0.339. The Morgan fingerprint density at radius 2 is 1.86 bits per heavy atom. The molecule has 21 heavy (non-hydrogen) atoms. The molecule has 0 amide bonds. The van der Waals surface area contributed by atoms with Crippen LogP contribution in [0.2, 0.25) is 10.0 Å². The summed E-state index contributed by atoms with van der Waals surface area (Å²) in [5.74, 6) is 0.474. The maximum atomic E-state index is 9.74. The molecular weight excluding hydrogens is 305 g/mol. The average Bonchev–Trinajstić information content (AvgIpc) is 2.50.